The van der Waals surface area contributed by atoms with E-state index in [0.29, 0.717) is 19.1 Å². The van der Waals surface area contributed by atoms with Crippen molar-refractivity contribution >= 4 is 5.91 Å². The number of hydrogen-bond donors (Lipinski definition) is 2. The average molecular weight is 227 g/mol. The van der Waals surface area contributed by atoms with Gasteiger partial charge >= 0.3 is 0 Å². The van der Waals surface area contributed by atoms with Gasteiger partial charge in [0.2, 0.25) is 0 Å². The van der Waals surface area contributed by atoms with Crippen LogP contribution >= 0.6 is 0 Å². The molecule has 0 aromatic heterocycles. The summed E-state index contributed by atoms with van der Waals surface area (Å²) in [5, 5.41) is 12.3. The minimum atomic E-state index is -0.614. The first-order valence-electron chi connectivity index (χ1n) is 6.20. The van der Waals surface area contributed by atoms with E-state index in [1.54, 1.807) is 0 Å². The van der Waals surface area contributed by atoms with Gasteiger partial charge in [0.05, 0.1) is 6.10 Å². The lowest BCUT2D eigenvalue weighted by molar-refractivity contribution is -0.139. The highest BCUT2D eigenvalue weighted by molar-refractivity contribution is 5.84. The van der Waals surface area contributed by atoms with E-state index in [1.807, 2.05) is 6.92 Å². The van der Waals surface area contributed by atoms with Crippen molar-refractivity contribution in [3.8, 4) is 0 Å². The standard InChI is InChI=1S/C12H21NO3/c1-12(5-2-6-16-12)11(15)13-8-9-3-4-10(14)7-9/h9-10,14H,2-8H2,1H3,(H,13,15). The van der Waals surface area contributed by atoms with Gasteiger partial charge in [-0.1, -0.05) is 0 Å². The molecule has 0 aromatic carbocycles. The van der Waals surface area contributed by atoms with Gasteiger partial charge in [0.1, 0.15) is 5.60 Å². The second-order valence-corrected chi connectivity index (χ2v) is 5.23. The van der Waals surface area contributed by atoms with Gasteiger partial charge in [-0.3, -0.25) is 4.79 Å². The van der Waals surface area contributed by atoms with Crippen molar-refractivity contribution in [1.82, 2.24) is 5.32 Å². The smallest absolute Gasteiger partial charge is 0.251 e. The Balaban J connectivity index is 1.75. The van der Waals surface area contributed by atoms with Crippen LogP contribution in [0.25, 0.3) is 0 Å². The first-order chi connectivity index (χ1) is 7.60. The van der Waals surface area contributed by atoms with E-state index < -0.39 is 5.60 Å². The Labute approximate surface area is 96.4 Å². The third kappa shape index (κ3) is 2.55. The fourth-order valence-electron chi connectivity index (χ4n) is 2.62. The van der Waals surface area contributed by atoms with Gasteiger partial charge < -0.3 is 15.2 Å². The topological polar surface area (TPSA) is 58.6 Å². The Morgan fingerprint density at radius 2 is 2.38 bits per heavy atom. The second kappa shape index (κ2) is 4.72. The van der Waals surface area contributed by atoms with Crippen molar-refractivity contribution in [3.63, 3.8) is 0 Å². The Kier molecular flexibility index (Phi) is 3.50. The molecule has 1 aliphatic carbocycles. The number of carbonyl (C=O) groups excluding carboxylic acids is 1. The molecule has 0 spiro atoms. The average Bonchev–Trinajstić information content (AvgIpc) is 2.85. The second-order valence-electron chi connectivity index (χ2n) is 5.23. The zero-order valence-electron chi connectivity index (χ0n) is 9.87. The largest absolute Gasteiger partial charge is 0.393 e. The summed E-state index contributed by atoms with van der Waals surface area (Å²) in [6.07, 6.45) is 4.31. The van der Waals surface area contributed by atoms with Crippen LogP contribution in [0.15, 0.2) is 0 Å². The zero-order valence-corrected chi connectivity index (χ0v) is 9.87. The molecule has 4 nitrogen and oxygen atoms in total. The van der Waals surface area contributed by atoms with Crippen molar-refractivity contribution in [1.29, 1.82) is 0 Å². The first kappa shape index (κ1) is 11.9. The van der Waals surface area contributed by atoms with Crippen molar-refractivity contribution in [2.24, 2.45) is 5.92 Å². The van der Waals surface area contributed by atoms with Gasteiger partial charge in [0, 0.05) is 13.2 Å². The van der Waals surface area contributed by atoms with Crippen LogP contribution in [0.2, 0.25) is 0 Å². The molecule has 3 unspecified atom stereocenters. The summed E-state index contributed by atoms with van der Waals surface area (Å²) in [7, 11) is 0. The SMILES string of the molecule is CC1(C(=O)NCC2CCC(O)C2)CCCO1. The Bertz CT molecular complexity index is 261. The molecule has 1 saturated heterocycles. The van der Waals surface area contributed by atoms with Crippen molar-refractivity contribution in [2.75, 3.05) is 13.2 Å². The molecular weight excluding hydrogens is 206 g/mol. The Morgan fingerprint density at radius 1 is 1.56 bits per heavy atom. The fourth-order valence-corrected chi connectivity index (χ4v) is 2.62. The Morgan fingerprint density at radius 3 is 2.94 bits per heavy atom. The number of ether oxygens (including phenoxy) is 1. The van der Waals surface area contributed by atoms with E-state index >= 15 is 0 Å². The molecule has 92 valence electrons. The lowest BCUT2D eigenvalue weighted by Crippen LogP contribution is -2.45. The van der Waals surface area contributed by atoms with Gasteiger partial charge in [0.15, 0.2) is 0 Å². The minimum Gasteiger partial charge on any atom is -0.393 e. The van der Waals surface area contributed by atoms with E-state index in [9.17, 15) is 9.90 Å². The molecule has 0 bridgehead atoms. The first-order valence-corrected chi connectivity index (χ1v) is 6.20. The summed E-state index contributed by atoms with van der Waals surface area (Å²) in [4.78, 5) is 11.9. The van der Waals surface area contributed by atoms with Crippen molar-refractivity contribution < 1.29 is 14.6 Å². The van der Waals surface area contributed by atoms with E-state index in [4.69, 9.17) is 4.74 Å². The summed E-state index contributed by atoms with van der Waals surface area (Å²) in [5.74, 6) is 0.440. The van der Waals surface area contributed by atoms with Crippen LogP contribution in [0.1, 0.15) is 39.0 Å². The maximum absolute atomic E-state index is 11.9. The van der Waals surface area contributed by atoms with E-state index in [1.165, 1.54) is 0 Å². The quantitative estimate of drug-likeness (QED) is 0.751. The van der Waals surface area contributed by atoms with Gasteiger partial charge in [-0.25, -0.2) is 0 Å². The predicted molar refractivity (Wildman–Crippen MR) is 59.9 cm³/mol. The zero-order chi connectivity index (χ0) is 11.6. The molecule has 0 radical (unpaired) electrons. The van der Waals surface area contributed by atoms with Crippen LogP contribution in [-0.4, -0.2) is 35.9 Å². The lowest BCUT2D eigenvalue weighted by Gasteiger charge is -2.23. The van der Waals surface area contributed by atoms with Gasteiger partial charge in [-0.15, -0.1) is 0 Å². The van der Waals surface area contributed by atoms with Crippen LogP contribution in [0.3, 0.4) is 0 Å². The molecule has 1 saturated carbocycles. The molecule has 2 fully saturated rings. The minimum absolute atomic E-state index is 0.00592. The van der Waals surface area contributed by atoms with Crippen LogP contribution in [0.4, 0.5) is 0 Å². The summed E-state index contributed by atoms with van der Waals surface area (Å²) < 4.78 is 5.48. The van der Waals surface area contributed by atoms with Gasteiger partial charge in [-0.05, 0) is 44.9 Å². The number of rotatable bonds is 3. The van der Waals surface area contributed by atoms with Crippen molar-refractivity contribution in [2.45, 2.75) is 50.7 Å². The maximum atomic E-state index is 11.9. The molecule has 16 heavy (non-hydrogen) atoms. The number of aliphatic hydroxyl groups is 1. The highest BCUT2D eigenvalue weighted by atomic mass is 16.5. The van der Waals surface area contributed by atoms with Crippen LogP contribution in [0.5, 0.6) is 0 Å². The summed E-state index contributed by atoms with van der Waals surface area (Å²) in [5.41, 5.74) is -0.614. The van der Waals surface area contributed by atoms with Crippen LogP contribution < -0.4 is 5.32 Å². The van der Waals surface area contributed by atoms with Crippen LogP contribution in [0, 0.1) is 5.92 Å². The molecule has 2 aliphatic rings. The molecule has 1 aliphatic heterocycles. The summed E-state index contributed by atoms with van der Waals surface area (Å²) >= 11 is 0. The number of amides is 1. The molecule has 2 N–H and O–H groups in total. The molecular formula is C12H21NO3. The highest BCUT2D eigenvalue weighted by Crippen LogP contribution is 2.27. The molecule has 4 heteroatoms. The third-order valence-electron chi connectivity index (χ3n) is 3.76. The van der Waals surface area contributed by atoms with E-state index in [2.05, 4.69) is 5.32 Å². The molecule has 1 amide bonds. The normalized spacial score (nSPS) is 38.9. The fraction of sp³-hybridized carbons (Fsp3) is 0.917. The van der Waals surface area contributed by atoms with Crippen LogP contribution in [-0.2, 0) is 9.53 Å². The third-order valence-corrected chi connectivity index (χ3v) is 3.76. The maximum Gasteiger partial charge on any atom is 0.251 e. The molecule has 3 atom stereocenters. The highest BCUT2D eigenvalue weighted by Gasteiger charge is 2.37. The lowest BCUT2D eigenvalue weighted by atomic mass is 10.0. The van der Waals surface area contributed by atoms with Gasteiger partial charge in [-0.2, -0.15) is 0 Å². The number of aliphatic hydroxyl groups excluding tert-OH is 1. The number of carbonyl (C=O) groups is 1. The van der Waals surface area contributed by atoms with Crippen molar-refractivity contribution in [3.05, 3.63) is 0 Å². The van der Waals surface area contributed by atoms with E-state index in [0.717, 1.165) is 32.1 Å². The molecule has 2 rings (SSSR count). The van der Waals surface area contributed by atoms with E-state index in [-0.39, 0.29) is 12.0 Å². The summed E-state index contributed by atoms with van der Waals surface area (Å²) in [6, 6.07) is 0. The summed E-state index contributed by atoms with van der Waals surface area (Å²) in [6.45, 7) is 3.22. The number of nitrogens with one attached hydrogen (secondary N) is 1. The van der Waals surface area contributed by atoms with Gasteiger partial charge in [0.25, 0.3) is 5.91 Å². The Hall–Kier alpha value is -0.610. The number of hydrogen-bond acceptors (Lipinski definition) is 3. The molecule has 0 aromatic rings. The monoisotopic (exact) mass is 227 g/mol. The molecule has 1 heterocycles. The predicted octanol–water partition coefficient (Wildman–Crippen LogP) is 0.833.